The van der Waals surface area contributed by atoms with Crippen LogP contribution in [-0.2, 0) is 33.3 Å². The molecule has 4 aliphatic carbocycles. The molecule has 7 aliphatic rings. The van der Waals surface area contributed by atoms with Gasteiger partial charge in [-0.2, -0.15) is 0 Å². The first-order chi connectivity index (χ1) is 19.9. The number of carbonyl (C=O) groups is 2. The predicted molar refractivity (Wildman–Crippen MR) is 146 cm³/mol. The minimum absolute atomic E-state index is 0.0536. The molecule has 3 aliphatic heterocycles. The number of cyclic esters (lactones) is 1. The van der Waals surface area contributed by atoms with E-state index in [-0.39, 0.29) is 59.3 Å². The molecular weight excluding hydrogens is 544 g/mol. The number of aliphatic hydroxyl groups excluding tert-OH is 1. The Morgan fingerprint density at radius 3 is 2.60 bits per heavy atom. The van der Waals surface area contributed by atoms with Crippen molar-refractivity contribution in [2.45, 2.75) is 127 Å². The molecule has 3 N–H and O–H groups in total. The van der Waals surface area contributed by atoms with Gasteiger partial charge in [0, 0.05) is 31.4 Å². The van der Waals surface area contributed by atoms with E-state index in [1.807, 2.05) is 6.92 Å². The van der Waals surface area contributed by atoms with Gasteiger partial charge in [-0.25, -0.2) is 4.79 Å². The maximum atomic E-state index is 12.6. The number of ether oxygens (including phenoxy) is 5. The molecule has 13 atom stereocenters. The summed E-state index contributed by atoms with van der Waals surface area (Å²) in [5.41, 5.74) is -0.420. The summed E-state index contributed by atoms with van der Waals surface area (Å²) in [6, 6.07) is 0. The van der Waals surface area contributed by atoms with Gasteiger partial charge in [0.2, 0.25) is 6.29 Å². The first kappa shape index (κ1) is 29.2. The van der Waals surface area contributed by atoms with Gasteiger partial charge in [0.05, 0.1) is 23.9 Å². The van der Waals surface area contributed by atoms with Gasteiger partial charge in [-0.3, -0.25) is 4.79 Å². The molecule has 0 bridgehead atoms. The van der Waals surface area contributed by atoms with Crippen molar-refractivity contribution < 1.29 is 48.6 Å². The van der Waals surface area contributed by atoms with Gasteiger partial charge in [-0.05, 0) is 99.4 Å². The molecule has 0 unspecified atom stereocenters. The first-order valence-electron chi connectivity index (χ1n) is 16.0. The van der Waals surface area contributed by atoms with Crippen LogP contribution in [0.3, 0.4) is 0 Å². The highest BCUT2D eigenvalue weighted by Gasteiger charge is 2.70. The van der Waals surface area contributed by atoms with Crippen molar-refractivity contribution in [3.63, 3.8) is 0 Å². The number of hydrogen-bond donors (Lipinski definition) is 3. The molecule has 10 nitrogen and oxygen atoms in total. The van der Waals surface area contributed by atoms with E-state index < -0.39 is 35.9 Å². The molecule has 234 valence electrons. The molecule has 42 heavy (non-hydrogen) atoms. The molecular formula is C32H46O10. The van der Waals surface area contributed by atoms with Crippen LogP contribution in [0.4, 0.5) is 0 Å². The monoisotopic (exact) mass is 590 g/mol. The molecule has 0 aromatic carbocycles. The van der Waals surface area contributed by atoms with Crippen LogP contribution in [0, 0.1) is 34.5 Å². The van der Waals surface area contributed by atoms with Crippen molar-refractivity contribution in [1.29, 1.82) is 0 Å². The average Bonchev–Trinajstić information content (AvgIpc) is 3.47. The van der Waals surface area contributed by atoms with Crippen LogP contribution in [0.15, 0.2) is 11.6 Å². The van der Waals surface area contributed by atoms with Gasteiger partial charge in [-0.15, -0.1) is 0 Å². The second-order valence-electron chi connectivity index (χ2n) is 14.6. The van der Waals surface area contributed by atoms with E-state index in [4.69, 9.17) is 23.7 Å². The van der Waals surface area contributed by atoms with E-state index in [2.05, 4.69) is 6.92 Å². The molecule has 0 aromatic rings. The molecule has 4 saturated carbocycles. The summed E-state index contributed by atoms with van der Waals surface area (Å²) in [5, 5.41) is 34.7. The van der Waals surface area contributed by atoms with Crippen LogP contribution in [0.2, 0.25) is 0 Å². The molecule has 0 aromatic heterocycles. The maximum Gasteiger partial charge on any atom is 0.331 e. The van der Waals surface area contributed by atoms with Crippen molar-refractivity contribution in [3.8, 4) is 0 Å². The van der Waals surface area contributed by atoms with Gasteiger partial charge in [-0.1, -0.05) is 6.92 Å². The Bertz CT molecular complexity index is 1160. The highest BCUT2D eigenvalue weighted by Crippen LogP contribution is 2.71. The highest BCUT2D eigenvalue weighted by atomic mass is 16.8. The Hall–Kier alpha value is -1.56. The van der Waals surface area contributed by atoms with Crippen LogP contribution in [0.1, 0.15) is 85.0 Å². The van der Waals surface area contributed by atoms with Crippen molar-refractivity contribution >= 4 is 11.9 Å². The summed E-state index contributed by atoms with van der Waals surface area (Å²) < 4.78 is 29.7. The van der Waals surface area contributed by atoms with E-state index in [0.29, 0.717) is 38.7 Å². The summed E-state index contributed by atoms with van der Waals surface area (Å²) >= 11 is 0. The fourth-order valence-electron chi connectivity index (χ4n) is 11.1. The molecule has 10 heteroatoms. The zero-order valence-corrected chi connectivity index (χ0v) is 25.0. The zero-order chi connectivity index (χ0) is 29.7. The number of esters is 2. The second-order valence-corrected chi connectivity index (χ2v) is 14.6. The van der Waals surface area contributed by atoms with Crippen LogP contribution >= 0.6 is 0 Å². The van der Waals surface area contributed by atoms with Crippen molar-refractivity contribution in [1.82, 2.24) is 0 Å². The molecule has 7 rings (SSSR count). The first-order valence-corrected chi connectivity index (χ1v) is 16.0. The average molecular weight is 591 g/mol. The lowest BCUT2D eigenvalue weighted by atomic mass is 9.42. The minimum Gasteiger partial charge on any atom is -0.458 e. The Balaban J connectivity index is 1.17. The Morgan fingerprint density at radius 2 is 1.88 bits per heavy atom. The third-order valence-corrected chi connectivity index (χ3v) is 12.9. The smallest absolute Gasteiger partial charge is 0.331 e. The van der Waals surface area contributed by atoms with Crippen molar-refractivity contribution in [2.24, 2.45) is 34.5 Å². The number of aliphatic hydroxyl groups is 3. The van der Waals surface area contributed by atoms with Crippen LogP contribution in [0.25, 0.3) is 0 Å². The SMILES string of the molecule is CC(=O)O[C@H]1C[C@@H](C)O[C@H]2O[C@@H]3C[C@@]4(CCO)[C@@H](CC[C@@H]5[C@@H]4CC[C@]4(C)[C@@H](C6=CC(=O)OC6)CC[C@]54O)C[C@H]3O[C@]21O. The van der Waals surface area contributed by atoms with Gasteiger partial charge in [0.1, 0.15) is 6.61 Å². The molecule has 2 saturated heterocycles. The molecule has 6 fully saturated rings. The number of fused-ring (bicyclic) bond motifs is 7. The van der Waals surface area contributed by atoms with Gasteiger partial charge in [0.25, 0.3) is 5.79 Å². The molecule has 0 amide bonds. The Morgan fingerprint density at radius 1 is 1.07 bits per heavy atom. The van der Waals surface area contributed by atoms with E-state index in [1.54, 1.807) is 6.08 Å². The van der Waals surface area contributed by atoms with Gasteiger partial charge >= 0.3 is 11.9 Å². The van der Waals surface area contributed by atoms with Crippen LogP contribution in [-0.4, -0.2) is 82.6 Å². The van der Waals surface area contributed by atoms with E-state index >= 15 is 0 Å². The summed E-state index contributed by atoms with van der Waals surface area (Å²) in [4.78, 5) is 23.8. The van der Waals surface area contributed by atoms with E-state index in [1.165, 1.54) is 6.92 Å². The van der Waals surface area contributed by atoms with Crippen LogP contribution in [0.5, 0.6) is 0 Å². The number of carbonyl (C=O) groups excluding carboxylic acids is 2. The maximum absolute atomic E-state index is 12.6. The normalized spacial score (nSPS) is 53.0. The Labute approximate surface area is 247 Å². The highest BCUT2D eigenvalue weighted by molar-refractivity contribution is 5.85. The van der Waals surface area contributed by atoms with Crippen LogP contribution < -0.4 is 0 Å². The topological polar surface area (TPSA) is 141 Å². The molecule has 0 radical (unpaired) electrons. The summed E-state index contributed by atoms with van der Waals surface area (Å²) in [6.45, 7) is 5.78. The summed E-state index contributed by atoms with van der Waals surface area (Å²) in [5.74, 6) is -2.00. The number of hydrogen-bond acceptors (Lipinski definition) is 10. The van der Waals surface area contributed by atoms with Crippen molar-refractivity contribution in [2.75, 3.05) is 13.2 Å². The van der Waals surface area contributed by atoms with Crippen molar-refractivity contribution in [3.05, 3.63) is 11.6 Å². The largest absolute Gasteiger partial charge is 0.458 e. The quantitative estimate of drug-likeness (QED) is 0.331. The fourth-order valence-corrected chi connectivity index (χ4v) is 11.1. The lowest BCUT2D eigenvalue weighted by Crippen LogP contribution is -2.71. The minimum atomic E-state index is -1.88. The standard InChI is InChI=1S/C32H46O10/c1-17-12-26(40-18(2)34)32(37)28(39-17)41-25-15-30(10-11-33)20(14-24(25)42-32)4-5-23-22(30)6-8-29(3)21(7-9-31(23,29)36)19-13-27(35)38-16-19/h13,17,20-26,28,33,36-37H,4-12,14-16H2,1-3H3/t17-,20+,21-,22+,23-,24-,25-,26+,28+,29-,30+,31+,32+/m1/s1. The summed E-state index contributed by atoms with van der Waals surface area (Å²) in [7, 11) is 0. The third-order valence-electron chi connectivity index (χ3n) is 12.9. The van der Waals surface area contributed by atoms with Gasteiger partial charge in [0.15, 0.2) is 6.10 Å². The molecule has 0 spiro atoms. The zero-order valence-electron chi connectivity index (χ0n) is 25.0. The fraction of sp³-hybridized carbons (Fsp3) is 0.875. The predicted octanol–water partition coefficient (Wildman–Crippen LogP) is 2.76. The van der Waals surface area contributed by atoms with Gasteiger partial charge < -0.3 is 39.0 Å². The van der Waals surface area contributed by atoms with E-state index in [9.17, 15) is 24.9 Å². The second kappa shape index (κ2) is 9.97. The number of rotatable bonds is 4. The third kappa shape index (κ3) is 4.04. The van der Waals surface area contributed by atoms with E-state index in [0.717, 1.165) is 37.7 Å². The molecule has 3 heterocycles. The lowest BCUT2D eigenvalue weighted by molar-refractivity contribution is -0.458. The lowest BCUT2D eigenvalue weighted by Gasteiger charge is -2.66. The summed E-state index contributed by atoms with van der Waals surface area (Å²) in [6.07, 6.45) is 5.97. The Kier molecular flexibility index (Phi) is 6.93.